The van der Waals surface area contributed by atoms with Crippen molar-refractivity contribution in [1.29, 1.82) is 0 Å². The van der Waals surface area contributed by atoms with Gasteiger partial charge in [-0.05, 0) is 39.3 Å². The van der Waals surface area contributed by atoms with Gasteiger partial charge in [-0.15, -0.1) is 0 Å². The highest BCUT2D eigenvalue weighted by Crippen LogP contribution is 2.25. The van der Waals surface area contributed by atoms with Crippen LogP contribution in [-0.2, 0) is 0 Å². The van der Waals surface area contributed by atoms with Gasteiger partial charge in [0.25, 0.3) is 5.91 Å². The summed E-state index contributed by atoms with van der Waals surface area (Å²) in [6.07, 6.45) is 2.37. The highest BCUT2D eigenvalue weighted by molar-refractivity contribution is 6.04. The molecule has 6 heteroatoms. The van der Waals surface area contributed by atoms with Gasteiger partial charge in [-0.3, -0.25) is 4.79 Å². The molecule has 2 aromatic rings. The number of anilines is 2. The molecule has 0 aliphatic heterocycles. The molecule has 0 saturated heterocycles. The van der Waals surface area contributed by atoms with E-state index in [2.05, 4.69) is 34.4 Å². The molecule has 0 bridgehead atoms. The van der Waals surface area contributed by atoms with Crippen LogP contribution in [0.1, 0.15) is 44.6 Å². The number of hydrogen-bond acceptors (Lipinski definition) is 5. The van der Waals surface area contributed by atoms with E-state index in [-0.39, 0.29) is 18.1 Å². The topological polar surface area (TPSA) is 76.1 Å². The van der Waals surface area contributed by atoms with Gasteiger partial charge in [0.2, 0.25) is 0 Å². The summed E-state index contributed by atoms with van der Waals surface area (Å²) < 4.78 is 5.71. The molecule has 0 spiro atoms. The van der Waals surface area contributed by atoms with Crippen LogP contribution in [0.3, 0.4) is 0 Å². The maximum atomic E-state index is 12.5. The lowest BCUT2D eigenvalue weighted by Gasteiger charge is -2.15. The Bertz CT molecular complexity index is 688. The molecule has 0 aliphatic carbocycles. The van der Waals surface area contributed by atoms with Crippen LogP contribution >= 0.6 is 0 Å². The van der Waals surface area contributed by atoms with Crippen LogP contribution in [0.5, 0.6) is 5.75 Å². The van der Waals surface area contributed by atoms with Crippen molar-refractivity contribution in [3.05, 3.63) is 42.4 Å². The Balaban J connectivity index is 2.14. The molecule has 128 valence electrons. The number of aromatic nitrogens is 2. The average molecular weight is 328 g/mol. The number of rotatable bonds is 7. The standard InChI is InChI=1S/C18H24N4O2/c1-5-13(4)21-17-10-15(19-11-20-17)18(23)22-14-8-6-7-9-16(14)24-12(2)3/h6-13H,5H2,1-4H3,(H,22,23)(H,19,20,21). The second-order valence-corrected chi connectivity index (χ2v) is 5.86. The Morgan fingerprint density at radius 3 is 2.67 bits per heavy atom. The lowest BCUT2D eigenvalue weighted by molar-refractivity contribution is 0.102. The van der Waals surface area contributed by atoms with Gasteiger partial charge in [-0.25, -0.2) is 9.97 Å². The minimum atomic E-state index is -0.301. The second kappa shape index (κ2) is 8.29. The first kappa shape index (κ1) is 17.7. The van der Waals surface area contributed by atoms with Crippen LogP contribution < -0.4 is 15.4 Å². The summed E-state index contributed by atoms with van der Waals surface area (Å²) in [6.45, 7) is 8.02. The molecule has 0 saturated carbocycles. The van der Waals surface area contributed by atoms with Gasteiger partial charge >= 0.3 is 0 Å². The van der Waals surface area contributed by atoms with E-state index in [0.717, 1.165) is 6.42 Å². The summed E-state index contributed by atoms with van der Waals surface area (Å²) in [5, 5.41) is 6.08. The predicted octanol–water partition coefficient (Wildman–Crippen LogP) is 3.73. The molecule has 0 fully saturated rings. The van der Waals surface area contributed by atoms with E-state index in [0.29, 0.717) is 22.9 Å². The molecule has 2 N–H and O–H groups in total. The summed E-state index contributed by atoms with van der Waals surface area (Å²) in [5.41, 5.74) is 0.918. The van der Waals surface area contributed by atoms with E-state index in [4.69, 9.17) is 4.74 Å². The third-order valence-corrected chi connectivity index (χ3v) is 3.40. The molecular weight excluding hydrogens is 304 g/mol. The molecular formula is C18H24N4O2. The average Bonchev–Trinajstić information content (AvgIpc) is 2.56. The lowest BCUT2D eigenvalue weighted by atomic mass is 10.2. The summed E-state index contributed by atoms with van der Waals surface area (Å²) in [4.78, 5) is 20.7. The molecule has 24 heavy (non-hydrogen) atoms. The van der Waals surface area contributed by atoms with Gasteiger partial charge in [-0.2, -0.15) is 0 Å². The molecule has 0 aliphatic rings. The SMILES string of the molecule is CCC(C)Nc1cc(C(=O)Nc2ccccc2OC(C)C)ncn1. The number of ether oxygens (including phenoxy) is 1. The summed E-state index contributed by atoms with van der Waals surface area (Å²) in [5.74, 6) is 0.966. The molecule has 6 nitrogen and oxygen atoms in total. The number of carbonyl (C=O) groups is 1. The fourth-order valence-electron chi connectivity index (χ4n) is 2.03. The van der Waals surface area contributed by atoms with Crippen molar-refractivity contribution < 1.29 is 9.53 Å². The Labute approximate surface area is 142 Å². The van der Waals surface area contributed by atoms with E-state index in [1.807, 2.05) is 32.0 Å². The van der Waals surface area contributed by atoms with Crippen molar-refractivity contribution in [2.45, 2.75) is 46.3 Å². The zero-order chi connectivity index (χ0) is 17.5. The van der Waals surface area contributed by atoms with Crippen molar-refractivity contribution in [3.8, 4) is 5.75 Å². The number of para-hydroxylation sites is 2. The molecule has 1 amide bonds. The Morgan fingerprint density at radius 1 is 1.21 bits per heavy atom. The van der Waals surface area contributed by atoms with Crippen molar-refractivity contribution in [2.75, 3.05) is 10.6 Å². The van der Waals surface area contributed by atoms with E-state index in [9.17, 15) is 4.79 Å². The molecule has 1 unspecified atom stereocenters. The van der Waals surface area contributed by atoms with Gasteiger partial charge in [0.05, 0.1) is 11.8 Å². The first-order valence-corrected chi connectivity index (χ1v) is 8.15. The number of amides is 1. The first-order chi connectivity index (χ1) is 11.5. The van der Waals surface area contributed by atoms with Crippen LogP contribution in [0, 0.1) is 0 Å². The van der Waals surface area contributed by atoms with Gasteiger partial charge in [0.15, 0.2) is 0 Å². The summed E-state index contributed by atoms with van der Waals surface area (Å²) in [7, 11) is 0. The number of carbonyl (C=O) groups excluding carboxylic acids is 1. The largest absolute Gasteiger partial charge is 0.489 e. The summed E-state index contributed by atoms with van der Waals surface area (Å²) in [6, 6.07) is 9.26. The Kier molecular flexibility index (Phi) is 6.12. The van der Waals surface area contributed by atoms with Gasteiger partial charge in [0, 0.05) is 12.1 Å². The number of nitrogens with zero attached hydrogens (tertiary/aromatic N) is 2. The number of benzene rings is 1. The van der Waals surface area contributed by atoms with E-state index in [1.165, 1.54) is 6.33 Å². The number of nitrogens with one attached hydrogen (secondary N) is 2. The van der Waals surface area contributed by atoms with Crippen molar-refractivity contribution >= 4 is 17.4 Å². The molecule has 0 radical (unpaired) electrons. The quantitative estimate of drug-likeness (QED) is 0.810. The van der Waals surface area contributed by atoms with Gasteiger partial charge in [-0.1, -0.05) is 19.1 Å². The highest BCUT2D eigenvalue weighted by Gasteiger charge is 2.13. The molecule has 1 aromatic carbocycles. The first-order valence-electron chi connectivity index (χ1n) is 8.15. The van der Waals surface area contributed by atoms with Crippen molar-refractivity contribution in [2.24, 2.45) is 0 Å². The Hall–Kier alpha value is -2.63. The normalized spacial score (nSPS) is 11.9. The fourth-order valence-corrected chi connectivity index (χ4v) is 2.03. The van der Waals surface area contributed by atoms with Crippen LogP contribution in [0.4, 0.5) is 11.5 Å². The molecule has 1 atom stereocenters. The van der Waals surface area contributed by atoms with Gasteiger partial charge < -0.3 is 15.4 Å². The van der Waals surface area contributed by atoms with Crippen LogP contribution in [0.2, 0.25) is 0 Å². The third kappa shape index (κ3) is 4.94. The van der Waals surface area contributed by atoms with E-state index in [1.54, 1.807) is 12.1 Å². The lowest BCUT2D eigenvalue weighted by Crippen LogP contribution is -2.18. The van der Waals surface area contributed by atoms with Crippen LogP contribution in [0.15, 0.2) is 36.7 Å². The van der Waals surface area contributed by atoms with Crippen molar-refractivity contribution in [1.82, 2.24) is 9.97 Å². The monoisotopic (exact) mass is 328 g/mol. The molecule has 2 rings (SSSR count). The smallest absolute Gasteiger partial charge is 0.274 e. The zero-order valence-electron chi connectivity index (χ0n) is 14.5. The van der Waals surface area contributed by atoms with Crippen LogP contribution in [0.25, 0.3) is 0 Å². The fraction of sp³-hybridized carbons (Fsp3) is 0.389. The third-order valence-electron chi connectivity index (χ3n) is 3.40. The Morgan fingerprint density at radius 2 is 1.96 bits per heavy atom. The highest BCUT2D eigenvalue weighted by atomic mass is 16.5. The number of hydrogen-bond donors (Lipinski definition) is 2. The van der Waals surface area contributed by atoms with Crippen LogP contribution in [-0.4, -0.2) is 28.0 Å². The van der Waals surface area contributed by atoms with Gasteiger partial charge in [0.1, 0.15) is 23.6 Å². The summed E-state index contributed by atoms with van der Waals surface area (Å²) >= 11 is 0. The minimum absolute atomic E-state index is 0.0217. The maximum absolute atomic E-state index is 12.5. The van der Waals surface area contributed by atoms with Crippen molar-refractivity contribution in [3.63, 3.8) is 0 Å². The predicted molar refractivity (Wildman–Crippen MR) is 95.6 cm³/mol. The van der Waals surface area contributed by atoms with E-state index < -0.39 is 0 Å². The zero-order valence-corrected chi connectivity index (χ0v) is 14.5. The second-order valence-electron chi connectivity index (χ2n) is 5.86. The minimum Gasteiger partial charge on any atom is -0.489 e. The molecule has 1 heterocycles. The van der Waals surface area contributed by atoms with E-state index >= 15 is 0 Å². The maximum Gasteiger partial charge on any atom is 0.274 e. The molecule has 1 aromatic heterocycles.